The highest BCUT2D eigenvalue weighted by molar-refractivity contribution is 5.31. The maximum absolute atomic E-state index is 15.3. The van der Waals surface area contributed by atoms with Gasteiger partial charge in [0.05, 0.1) is 0 Å². The standard InChI is InChI=1S/C22H30F2O/c1-14-5-7-19(8-6-14)20(25)22(23,24)17(4)21-11-15(2)9-18(13-21)10-16(3)12-21/h5-8,15-16,18,20,25H,4,9-13H2,1-3H3. The van der Waals surface area contributed by atoms with E-state index in [1.54, 1.807) is 24.3 Å². The van der Waals surface area contributed by atoms with Gasteiger partial charge in [-0.05, 0) is 67.8 Å². The summed E-state index contributed by atoms with van der Waals surface area (Å²) in [5.74, 6) is -1.92. The van der Waals surface area contributed by atoms with Crippen molar-refractivity contribution in [3.8, 4) is 0 Å². The molecule has 0 aromatic heterocycles. The van der Waals surface area contributed by atoms with E-state index < -0.39 is 17.4 Å². The summed E-state index contributed by atoms with van der Waals surface area (Å²) < 4.78 is 30.5. The molecule has 0 aliphatic heterocycles. The van der Waals surface area contributed by atoms with Gasteiger partial charge in [0.1, 0.15) is 6.10 Å². The fourth-order valence-electron chi connectivity index (χ4n) is 5.55. The lowest BCUT2D eigenvalue weighted by atomic mass is 9.53. The number of fused-ring (bicyclic) bond motifs is 2. The van der Waals surface area contributed by atoms with Crippen LogP contribution in [0.25, 0.3) is 0 Å². The van der Waals surface area contributed by atoms with E-state index in [1.165, 1.54) is 0 Å². The van der Waals surface area contributed by atoms with Crippen LogP contribution in [0.2, 0.25) is 0 Å². The molecule has 2 aliphatic rings. The Balaban J connectivity index is 1.90. The van der Waals surface area contributed by atoms with Crippen molar-refractivity contribution in [2.45, 2.75) is 64.9 Å². The Hall–Kier alpha value is -1.22. The molecule has 3 rings (SSSR count). The van der Waals surface area contributed by atoms with Gasteiger partial charge in [-0.1, -0.05) is 50.3 Å². The highest BCUT2D eigenvalue weighted by Crippen LogP contribution is 2.60. The Bertz CT molecular complexity index is 614. The van der Waals surface area contributed by atoms with Crippen molar-refractivity contribution in [2.75, 3.05) is 0 Å². The summed E-state index contributed by atoms with van der Waals surface area (Å²) in [6.45, 7) is 10.1. The SMILES string of the molecule is C=C(C12CC(C)CC(CC(C)C1)C2)C(F)(F)C(O)c1ccc(C)cc1. The predicted octanol–water partition coefficient (Wildman–Crippen LogP) is 6.07. The van der Waals surface area contributed by atoms with Gasteiger partial charge in [-0.3, -0.25) is 0 Å². The van der Waals surface area contributed by atoms with Crippen molar-refractivity contribution >= 4 is 0 Å². The third-order valence-electron chi connectivity index (χ3n) is 6.41. The second-order valence-corrected chi connectivity index (χ2v) is 8.86. The lowest BCUT2D eigenvalue weighted by molar-refractivity contribution is -0.106. The molecule has 138 valence electrons. The van der Waals surface area contributed by atoms with Gasteiger partial charge in [0.2, 0.25) is 0 Å². The summed E-state index contributed by atoms with van der Waals surface area (Å²) in [6, 6.07) is 6.71. The van der Waals surface area contributed by atoms with E-state index in [-0.39, 0.29) is 11.1 Å². The summed E-state index contributed by atoms with van der Waals surface area (Å²) in [4.78, 5) is 0. The smallest absolute Gasteiger partial charge is 0.299 e. The quantitative estimate of drug-likeness (QED) is 0.655. The van der Waals surface area contributed by atoms with Crippen LogP contribution < -0.4 is 0 Å². The maximum atomic E-state index is 15.3. The highest BCUT2D eigenvalue weighted by Gasteiger charge is 2.55. The molecular formula is C22H30F2O. The molecule has 1 N–H and O–H groups in total. The second-order valence-electron chi connectivity index (χ2n) is 8.86. The Morgan fingerprint density at radius 3 is 2.16 bits per heavy atom. The van der Waals surface area contributed by atoms with Crippen LogP contribution in [-0.2, 0) is 0 Å². The molecular weight excluding hydrogens is 318 g/mol. The first kappa shape index (κ1) is 18.6. The number of halogens is 2. The van der Waals surface area contributed by atoms with Crippen molar-refractivity contribution < 1.29 is 13.9 Å². The number of aryl methyl sites for hydroxylation is 1. The van der Waals surface area contributed by atoms with E-state index in [9.17, 15) is 5.11 Å². The van der Waals surface area contributed by atoms with E-state index in [1.807, 2.05) is 6.92 Å². The molecule has 0 spiro atoms. The molecule has 0 saturated heterocycles. The largest absolute Gasteiger partial charge is 0.382 e. The molecule has 1 aromatic carbocycles. The molecule has 0 radical (unpaired) electrons. The number of benzene rings is 1. The van der Waals surface area contributed by atoms with Crippen molar-refractivity contribution in [3.05, 3.63) is 47.5 Å². The van der Waals surface area contributed by atoms with Gasteiger partial charge in [-0.15, -0.1) is 0 Å². The first-order valence-electron chi connectivity index (χ1n) is 9.46. The topological polar surface area (TPSA) is 20.2 Å². The van der Waals surface area contributed by atoms with Gasteiger partial charge in [-0.2, -0.15) is 8.78 Å². The van der Waals surface area contributed by atoms with E-state index in [0.717, 1.165) is 37.7 Å². The molecule has 2 bridgehead atoms. The molecule has 0 heterocycles. The fourth-order valence-corrected chi connectivity index (χ4v) is 5.55. The zero-order chi connectivity index (χ0) is 18.4. The van der Waals surface area contributed by atoms with Gasteiger partial charge >= 0.3 is 0 Å². The Labute approximate surface area is 150 Å². The zero-order valence-electron chi connectivity index (χ0n) is 15.6. The van der Waals surface area contributed by atoms with E-state index in [2.05, 4.69) is 20.4 Å². The Kier molecular flexibility index (Phi) is 4.83. The average Bonchev–Trinajstić information content (AvgIpc) is 2.52. The normalized spacial score (nSPS) is 33.8. The first-order chi connectivity index (χ1) is 11.6. The number of hydrogen-bond donors (Lipinski definition) is 1. The highest BCUT2D eigenvalue weighted by atomic mass is 19.3. The van der Waals surface area contributed by atoms with E-state index in [0.29, 0.717) is 17.8 Å². The van der Waals surface area contributed by atoms with Crippen LogP contribution in [-0.4, -0.2) is 11.0 Å². The number of aliphatic hydroxyl groups is 1. The van der Waals surface area contributed by atoms with E-state index in [4.69, 9.17) is 0 Å². The number of rotatable bonds is 4. The minimum absolute atomic E-state index is 0.0452. The van der Waals surface area contributed by atoms with Crippen LogP contribution in [0.4, 0.5) is 8.78 Å². The molecule has 1 aromatic rings. The van der Waals surface area contributed by atoms with Gasteiger partial charge in [0.25, 0.3) is 5.92 Å². The molecule has 2 saturated carbocycles. The van der Waals surface area contributed by atoms with Gasteiger partial charge in [-0.25, -0.2) is 0 Å². The lowest BCUT2D eigenvalue weighted by Crippen LogP contribution is -2.46. The van der Waals surface area contributed by atoms with Crippen LogP contribution in [0.15, 0.2) is 36.4 Å². The molecule has 3 unspecified atom stereocenters. The molecule has 1 nitrogen and oxygen atoms in total. The summed E-state index contributed by atoms with van der Waals surface area (Å²) in [6.07, 6.45) is 2.77. The second kappa shape index (κ2) is 6.50. The van der Waals surface area contributed by atoms with Crippen LogP contribution >= 0.6 is 0 Å². The van der Waals surface area contributed by atoms with Crippen LogP contribution in [0.5, 0.6) is 0 Å². The minimum Gasteiger partial charge on any atom is -0.382 e. The van der Waals surface area contributed by atoms with E-state index >= 15 is 8.78 Å². The summed E-state index contributed by atoms with van der Waals surface area (Å²) >= 11 is 0. The number of hydrogen-bond acceptors (Lipinski definition) is 1. The predicted molar refractivity (Wildman–Crippen MR) is 97.6 cm³/mol. The summed E-state index contributed by atoms with van der Waals surface area (Å²) in [5, 5.41) is 10.5. The third-order valence-corrected chi connectivity index (χ3v) is 6.41. The summed E-state index contributed by atoms with van der Waals surface area (Å²) in [5.41, 5.74) is 0.671. The lowest BCUT2D eigenvalue weighted by Gasteiger charge is -2.52. The van der Waals surface area contributed by atoms with Crippen LogP contribution in [0, 0.1) is 30.1 Å². The number of alkyl halides is 2. The van der Waals surface area contributed by atoms with Crippen molar-refractivity contribution in [1.29, 1.82) is 0 Å². The van der Waals surface area contributed by atoms with Crippen LogP contribution in [0.1, 0.15) is 63.2 Å². The molecule has 3 atom stereocenters. The maximum Gasteiger partial charge on any atom is 0.299 e. The van der Waals surface area contributed by atoms with Crippen molar-refractivity contribution in [3.63, 3.8) is 0 Å². The molecule has 3 heteroatoms. The molecule has 25 heavy (non-hydrogen) atoms. The number of aliphatic hydroxyl groups excluding tert-OH is 1. The van der Waals surface area contributed by atoms with Gasteiger partial charge in [0, 0.05) is 5.57 Å². The zero-order valence-corrected chi connectivity index (χ0v) is 15.6. The Morgan fingerprint density at radius 1 is 1.12 bits per heavy atom. The molecule has 2 aliphatic carbocycles. The Morgan fingerprint density at radius 2 is 1.64 bits per heavy atom. The van der Waals surface area contributed by atoms with Crippen molar-refractivity contribution in [1.82, 2.24) is 0 Å². The monoisotopic (exact) mass is 348 g/mol. The first-order valence-corrected chi connectivity index (χ1v) is 9.46. The van der Waals surface area contributed by atoms with Crippen LogP contribution in [0.3, 0.4) is 0 Å². The minimum atomic E-state index is -3.31. The fraction of sp³-hybridized carbons (Fsp3) is 0.636. The molecule has 0 amide bonds. The average molecular weight is 348 g/mol. The van der Waals surface area contributed by atoms with Crippen molar-refractivity contribution in [2.24, 2.45) is 23.2 Å². The third kappa shape index (κ3) is 3.40. The van der Waals surface area contributed by atoms with Gasteiger partial charge in [0.15, 0.2) is 0 Å². The summed E-state index contributed by atoms with van der Waals surface area (Å²) in [7, 11) is 0. The molecule has 2 fully saturated rings. The van der Waals surface area contributed by atoms with Gasteiger partial charge < -0.3 is 5.11 Å².